The number of hydrogen-bond donors (Lipinski definition) is 0. The SMILES string of the molecule is Cc1cn(-c2ccc(C(F)(F)F)cc2)/c(=N/C(=O)N2CCN(c3ccccn3)CC2)s1. The minimum atomic E-state index is -4.39. The van der Waals surface area contributed by atoms with Gasteiger partial charge in [0.15, 0.2) is 4.80 Å². The van der Waals surface area contributed by atoms with Gasteiger partial charge in [0, 0.05) is 49.1 Å². The van der Waals surface area contributed by atoms with Crippen LogP contribution in [0.5, 0.6) is 0 Å². The number of carbonyl (C=O) groups excluding carboxylic acids is 1. The van der Waals surface area contributed by atoms with Gasteiger partial charge >= 0.3 is 12.2 Å². The number of pyridine rings is 1. The Morgan fingerprint density at radius 1 is 1.06 bits per heavy atom. The number of halogens is 3. The Hall–Kier alpha value is -3.14. The quantitative estimate of drug-likeness (QED) is 0.594. The standard InChI is InChI=1S/C21H20F3N5OS/c1-15-14-29(17-7-5-16(6-8-17)21(22,23)24)20(31-15)26-19(30)28-12-10-27(11-13-28)18-4-2-3-9-25-18/h2-9,14H,10-13H2,1H3/b26-20-. The molecule has 3 heterocycles. The van der Waals surface area contributed by atoms with E-state index in [-0.39, 0.29) is 6.03 Å². The van der Waals surface area contributed by atoms with Gasteiger partial charge in [-0.15, -0.1) is 11.3 Å². The molecule has 1 fully saturated rings. The van der Waals surface area contributed by atoms with Gasteiger partial charge in [0.05, 0.1) is 5.56 Å². The van der Waals surface area contributed by atoms with E-state index in [1.165, 1.54) is 23.5 Å². The molecule has 31 heavy (non-hydrogen) atoms. The molecule has 10 heteroatoms. The van der Waals surface area contributed by atoms with E-state index >= 15 is 0 Å². The average molecular weight is 447 g/mol. The molecule has 2 amide bonds. The maximum Gasteiger partial charge on any atom is 0.416 e. The van der Waals surface area contributed by atoms with Crippen LogP contribution in [0, 0.1) is 6.92 Å². The Morgan fingerprint density at radius 2 is 1.77 bits per heavy atom. The first-order valence-electron chi connectivity index (χ1n) is 9.67. The topological polar surface area (TPSA) is 53.7 Å². The van der Waals surface area contributed by atoms with Crippen molar-refractivity contribution in [2.75, 3.05) is 31.1 Å². The highest BCUT2D eigenvalue weighted by Crippen LogP contribution is 2.29. The summed E-state index contributed by atoms with van der Waals surface area (Å²) in [7, 11) is 0. The summed E-state index contributed by atoms with van der Waals surface area (Å²) in [5.74, 6) is 0.876. The fourth-order valence-electron chi connectivity index (χ4n) is 3.35. The summed E-state index contributed by atoms with van der Waals surface area (Å²) < 4.78 is 40.2. The van der Waals surface area contributed by atoms with Gasteiger partial charge in [-0.2, -0.15) is 18.2 Å². The molecule has 6 nitrogen and oxygen atoms in total. The van der Waals surface area contributed by atoms with Gasteiger partial charge in [-0.05, 0) is 43.3 Å². The molecule has 0 radical (unpaired) electrons. The molecular formula is C21H20F3N5OS. The zero-order valence-corrected chi connectivity index (χ0v) is 17.5. The number of anilines is 1. The lowest BCUT2D eigenvalue weighted by molar-refractivity contribution is -0.137. The lowest BCUT2D eigenvalue weighted by atomic mass is 10.2. The first-order chi connectivity index (χ1) is 14.8. The Labute approximate surface area is 180 Å². The summed E-state index contributed by atoms with van der Waals surface area (Å²) in [6.45, 7) is 4.20. The van der Waals surface area contributed by atoms with Crippen LogP contribution in [-0.2, 0) is 6.18 Å². The van der Waals surface area contributed by atoms with Crippen LogP contribution in [0.4, 0.5) is 23.8 Å². The molecule has 1 saturated heterocycles. The molecule has 0 aliphatic carbocycles. The summed E-state index contributed by atoms with van der Waals surface area (Å²) in [5, 5.41) is 0. The zero-order chi connectivity index (χ0) is 22.0. The van der Waals surface area contributed by atoms with Gasteiger partial charge in [-0.25, -0.2) is 9.78 Å². The van der Waals surface area contributed by atoms with E-state index in [4.69, 9.17) is 0 Å². The van der Waals surface area contributed by atoms with Gasteiger partial charge in [0.25, 0.3) is 0 Å². The van der Waals surface area contributed by atoms with Crippen LogP contribution in [-0.4, -0.2) is 46.7 Å². The van der Waals surface area contributed by atoms with Crippen molar-refractivity contribution in [3.63, 3.8) is 0 Å². The summed E-state index contributed by atoms with van der Waals surface area (Å²) in [6, 6.07) is 10.2. The van der Waals surface area contributed by atoms with Crippen LogP contribution < -0.4 is 9.70 Å². The van der Waals surface area contributed by atoms with Gasteiger partial charge in [0.2, 0.25) is 0 Å². The molecule has 0 saturated carbocycles. The van der Waals surface area contributed by atoms with E-state index in [0.717, 1.165) is 22.8 Å². The average Bonchev–Trinajstić information content (AvgIpc) is 3.14. The highest BCUT2D eigenvalue weighted by atomic mass is 32.1. The molecule has 4 rings (SSSR count). The summed E-state index contributed by atoms with van der Waals surface area (Å²) in [6.07, 6.45) is -0.895. The molecule has 0 bridgehead atoms. The molecule has 2 aromatic heterocycles. The van der Waals surface area contributed by atoms with Crippen LogP contribution in [0.2, 0.25) is 0 Å². The van der Waals surface area contributed by atoms with Gasteiger partial charge < -0.3 is 9.80 Å². The molecule has 3 aromatic rings. The molecule has 0 N–H and O–H groups in total. The Kier molecular flexibility index (Phi) is 5.81. The van der Waals surface area contributed by atoms with Crippen LogP contribution in [0.25, 0.3) is 5.69 Å². The largest absolute Gasteiger partial charge is 0.416 e. The molecule has 1 aliphatic rings. The van der Waals surface area contributed by atoms with Crippen molar-refractivity contribution >= 4 is 23.2 Å². The number of alkyl halides is 3. The number of piperazine rings is 1. The van der Waals surface area contributed by atoms with Crippen molar-refractivity contribution < 1.29 is 18.0 Å². The minimum Gasteiger partial charge on any atom is -0.353 e. The van der Waals surface area contributed by atoms with E-state index in [1.807, 2.05) is 25.1 Å². The maximum absolute atomic E-state index is 12.8. The van der Waals surface area contributed by atoms with E-state index in [1.54, 1.807) is 21.9 Å². The first-order valence-corrected chi connectivity index (χ1v) is 10.5. The lowest BCUT2D eigenvalue weighted by Crippen LogP contribution is -2.48. The number of aromatic nitrogens is 2. The van der Waals surface area contributed by atoms with Crippen molar-refractivity contribution in [3.05, 3.63) is 70.1 Å². The van der Waals surface area contributed by atoms with Gasteiger partial charge in [-0.1, -0.05) is 6.07 Å². The fourth-order valence-corrected chi connectivity index (χ4v) is 4.18. The maximum atomic E-state index is 12.8. The van der Waals surface area contributed by atoms with Gasteiger partial charge in [0.1, 0.15) is 5.82 Å². The van der Waals surface area contributed by atoms with Crippen LogP contribution >= 0.6 is 11.3 Å². The third-order valence-corrected chi connectivity index (χ3v) is 5.85. The second-order valence-electron chi connectivity index (χ2n) is 7.10. The molecule has 1 aromatic carbocycles. The molecule has 0 atom stereocenters. The number of rotatable bonds is 2. The molecule has 0 unspecified atom stereocenters. The number of benzene rings is 1. The highest BCUT2D eigenvalue weighted by Gasteiger charge is 2.30. The lowest BCUT2D eigenvalue weighted by Gasteiger charge is -2.34. The monoisotopic (exact) mass is 447 g/mol. The number of urea groups is 1. The second kappa shape index (κ2) is 8.54. The van der Waals surface area contributed by atoms with E-state index in [0.29, 0.717) is 36.7 Å². The summed E-state index contributed by atoms with van der Waals surface area (Å²) >= 11 is 1.31. The molecular weight excluding hydrogens is 427 g/mol. The van der Waals surface area contributed by atoms with Crippen LogP contribution in [0.3, 0.4) is 0 Å². The third kappa shape index (κ3) is 4.79. The Bertz CT molecular complexity index is 1110. The smallest absolute Gasteiger partial charge is 0.353 e. The number of nitrogens with zero attached hydrogens (tertiary/aromatic N) is 5. The van der Waals surface area contributed by atoms with Gasteiger partial charge in [-0.3, -0.25) is 4.57 Å². The minimum absolute atomic E-state index is 0.358. The summed E-state index contributed by atoms with van der Waals surface area (Å²) in [5.41, 5.74) is -0.201. The van der Waals surface area contributed by atoms with Crippen molar-refractivity contribution in [2.45, 2.75) is 13.1 Å². The predicted molar refractivity (Wildman–Crippen MR) is 112 cm³/mol. The van der Waals surface area contributed by atoms with E-state index in [2.05, 4.69) is 14.9 Å². The van der Waals surface area contributed by atoms with Crippen molar-refractivity contribution in [3.8, 4) is 5.69 Å². The van der Waals surface area contributed by atoms with Crippen LogP contribution in [0.1, 0.15) is 10.4 Å². The fraction of sp³-hybridized carbons (Fsp3) is 0.286. The molecule has 162 valence electrons. The summed E-state index contributed by atoms with van der Waals surface area (Å²) in [4.78, 5) is 26.5. The molecule has 1 aliphatic heterocycles. The second-order valence-corrected chi connectivity index (χ2v) is 8.31. The third-order valence-electron chi connectivity index (χ3n) is 4.96. The predicted octanol–water partition coefficient (Wildman–Crippen LogP) is 4.10. The van der Waals surface area contributed by atoms with E-state index in [9.17, 15) is 18.0 Å². The van der Waals surface area contributed by atoms with Crippen molar-refractivity contribution in [1.82, 2.24) is 14.5 Å². The number of carbonyl (C=O) groups is 1. The highest BCUT2D eigenvalue weighted by molar-refractivity contribution is 7.09. The van der Waals surface area contributed by atoms with E-state index < -0.39 is 11.7 Å². The van der Waals surface area contributed by atoms with Crippen LogP contribution in [0.15, 0.2) is 59.9 Å². The number of aryl methyl sites for hydroxylation is 1. The Morgan fingerprint density at radius 3 is 2.39 bits per heavy atom. The Balaban J connectivity index is 1.51. The molecule has 0 spiro atoms. The number of hydrogen-bond acceptors (Lipinski definition) is 4. The number of amides is 2. The van der Waals surface area contributed by atoms with Crippen molar-refractivity contribution in [1.29, 1.82) is 0 Å². The first kappa shape index (κ1) is 21.1. The zero-order valence-electron chi connectivity index (χ0n) is 16.7. The number of thiazole rings is 1. The normalized spacial score (nSPS) is 15.4. The van der Waals surface area contributed by atoms with Crippen molar-refractivity contribution in [2.24, 2.45) is 4.99 Å².